The van der Waals surface area contributed by atoms with Gasteiger partial charge in [-0.2, -0.15) is 0 Å². The molecule has 1 aliphatic heterocycles. The van der Waals surface area contributed by atoms with Gasteiger partial charge in [-0.25, -0.2) is 9.59 Å². The van der Waals surface area contributed by atoms with Crippen molar-refractivity contribution in [2.45, 2.75) is 51.8 Å². The van der Waals surface area contributed by atoms with Crippen LogP contribution >= 0.6 is 11.8 Å². The summed E-state index contributed by atoms with van der Waals surface area (Å²) in [6.45, 7) is 3.53. The van der Waals surface area contributed by atoms with Crippen molar-refractivity contribution in [1.82, 2.24) is 20.9 Å². The Bertz CT molecular complexity index is 1190. The van der Waals surface area contributed by atoms with Gasteiger partial charge in [-0.3, -0.25) is 28.9 Å². The highest BCUT2D eigenvalue weighted by Gasteiger charge is 2.30. The Hall–Kier alpha value is -4.40. The summed E-state index contributed by atoms with van der Waals surface area (Å²) < 4.78 is 5.06. The smallest absolute Gasteiger partial charge is 0.367 e. The second-order valence-corrected chi connectivity index (χ2v) is 10.4. The molecule has 1 aromatic carbocycles. The molecule has 0 fully saturated rings. The molecule has 228 valence electrons. The molecular weight excluding hydrogens is 568 g/mol. The molecule has 14 nitrogen and oxygen atoms in total. The summed E-state index contributed by atoms with van der Waals surface area (Å²) in [5.41, 5.74) is 6.24. The van der Waals surface area contributed by atoms with Crippen molar-refractivity contribution in [3.8, 4) is 0 Å². The first-order chi connectivity index (χ1) is 19.9. The molecule has 42 heavy (non-hydrogen) atoms. The lowest BCUT2D eigenvalue weighted by molar-refractivity contribution is -0.137. The van der Waals surface area contributed by atoms with Crippen LogP contribution in [0.3, 0.4) is 0 Å². The highest BCUT2D eigenvalue weighted by atomic mass is 32.2. The van der Waals surface area contributed by atoms with Crippen molar-refractivity contribution < 1.29 is 38.3 Å². The van der Waals surface area contributed by atoms with Gasteiger partial charge < -0.3 is 31.7 Å². The summed E-state index contributed by atoms with van der Waals surface area (Å²) >= 11 is 0.953. The third-order valence-corrected chi connectivity index (χ3v) is 6.53. The van der Waals surface area contributed by atoms with E-state index in [-0.39, 0.29) is 38.5 Å². The number of hydrogen-bond donors (Lipinski definition) is 5. The average Bonchev–Trinajstić information content (AvgIpc) is 3.27. The molecule has 0 aromatic heterocycles. The summed E-state index contributed by atoms with van der Waals surface area (Å²) in [4.78, 5) is 85.7. The van der Waals surface area contributed by atoms with Crippen molar-refractivity contribution in [1.29, 1.82) is 0 Å². The van der Waals surface area contributed by atoms with Crippen LogP contribution in [0.25, 0.3) is 0 Å². The lowest BCUT2D eigenvalue weighted by atomic mass is 10.0. The van der Waals surface area contributed by atoms with Gasteiger partial charge in [0.05, 0.1) is 0 Å². The number of nitrogens with one attached hydrogen (secondary N) is 4. The first-order valence-electron chi connectivity index (χ1n) is 13.2. The normalized spacial score (nSPS) is 13.9. The number of nitrogens with two attached hydrogens (primary N) is 1. The number of anilines is 1. The molecule has 1 aliphatic rings. The van der Waals surface area contributed by atoms with Gasteiger partial charge in [0.15, 0.2) is 0 Å². The van der Waals surface area contributed by atoms with E-state index in [1.807, 2.05) is 0 Å². The van der Waals surface area contributed by atoms with Crippen LogP contribution < -0.4 is 27.0 Å². The zero-order valence-corrected chi connectivity index (χ0v) is 24.5. The van der Waals surface area contributed by atoms with Crippen LogP contribution in [0, 0.1) is 5.92 Å². The third-order valence-electron chi connectivity index (χ3n) is 6.08. The van der Waals surface area contributed by atoms with Crippen LogP contribution in [0.5, 0.6) is 0 Å². The van der Waals surface area contributed by atoms with Gasteiger partial charge in [0.1, 0.15) is 18.7 Å². The number of imide groups is 1. The standard InChI is InChI=1S/C27H36N6O8S/c1-16(2)23(32-20(34)12-14-33-21(35)10-11-22(33)36)25(38)31-19(5-4-13-29-26(28)39)24(37)30-18-8-6-17(7-9-18)15-41-27(40)42-3/h6-11,16,19,23H,4-5,12-15H2,1-3H3,(H,30,37)(H,31,38)(H,32,34)(H3,28,29,39)/t19-,23-/m0/s1. The molecule has 1 aromatic rings. The number of carbonyl (C=O) groups is 7. The summed E-state index contributed by atoms with van der Waals surface area (Å²) in [5.74, 6) is -3.08. The molecule has 0 saturated carbocycles. The maximum Gasteiger partial charge on any atom is 0.367 e. The molecule has 15 heteroatoms. The maximum atomic E-state index is 13.2. The Labute approximate surface area is 247 Å². The van der Waals surface area contributed by atoms with Crippen LogP contribution in [0.4, 0.5) is 15.3 Å². The number of nitrogens with zero attached hydrogens (tertiary/aromatic N) is 1. The number of ether oxygens (including phenoxy) is 1. The van der Waals surface area contributed by atoms with Gasteiger partial charge in [-0.15, -0.1) is 0 Å². The van der Waals surface area contributed by atoms with Gasteiger partial charge in [-0.05, 0) is 54.5 Å². The first kappa shape index (κ1) is 33.8. The molecule has 0 unspecified atom stereocenters. The van der Waals surface area contributed by atoms with Crippen molar-refractivity contribution in [2.75, 3.05) is 24.7 Å². The minimum absolute atomic E-state index is 0.0727. The predicted molar refractivity (Wildman–Crippen MR) is 155 cm³/mol. The Kier molecular flexibility index (Phi) is 13.5. The quantitative estimate of drug-likeness (QED) is 0.110. The number of amides is 7. The van der Waals surface area contributed by atoms with Crippen LogP contribution in [0.15, 0.2) is 36.4 Å². The second kappa shape index (κ2) is 16.8. The van der Waals surface area contributed by atoms with E-state index in [1.54, 1.807) is 44.4 Å². The van der Waals surface area contributed by atoms with E-state index in [9.17, 15) is 33.6 Å². The van der Waals surface area contributed by atoms with Crippen molar-refractivity contribution in [3.05, 3.63) is 42.0 Å². The number of hydrogen-bond acceptors (Lipinski definition) is 9. The van der Waals surface area contributed by atoms with E-state index >= 15 is 0 Å². The Balaban J connectivity index is 2.04. The van der Waals surface area contributed by atoms with Gasteiger partial charge in [0.2, 0.25) is 17.7 Å². The second-order valence-electron chi connectivity index (χ2n) is 9.62. The predicted octanol–water partition coefficient (Wildman–Crippen LogP) is 1.01. The topological polar surface area (TPSA) is 206 Å². The molecule has 6 N–H and O–H groups in total. The summed E-state index contributed by atoms with van der Waals surface area (Å²) in [6.07, 6.45) is 4.10. The van der Waals surface area contributed by atoms with E-state index in [2.05, 4.69) is 21.3 Å². The number of carbonyl (C=O) groups excluding carboxylic acids is 7. The van der Waals surface area contributed by atoms with Crippen molar-refractivity contribution in [2.24, 2.45) is 11.7 Å². The number of rotatable bonds is 15. The molecule has 0 spiro atoms. The Morgan fingerprint density at radius 2 is 1.62 bits per heavy atom. The lowest BCUT2D eigenvalue weighted by Gasteiger charge is -2.25. The summed E-state index contributed by atoms with van der Waals surface area (Å²) in [7, 11) is 0. The molecule has 1 heterocycles. The van der Waals surface area contributed by atoms with Crippen LogP contribution in [-0.4, -0.2) is 77.2 Å². The zero-order chi connectivity index (χ0) is 31.2. The Morgan fingerprint density at radius 3 is 2.19 bits per heavy atom. The molecule has 7 amide bonds. The molecule has 2 rings (SSSR count). The fraction of sp³-hybridized carbons (Fsp3) is 0.444. The van der Waals surface area contributed by atoms with Gasteiger partial charge in [-0.1, -0.05) is 26.0 Å². The van der Waals surface area contributed by atoms with Crippen LogP contribution in [0.1, 0.15) is 38.7 Å². The molecule has 0 aliphatic carbocycles. The fourth-order valence-corrected chi connectivity index (χ4v) is 3.99. The molecule has 0 saturated heterocycles. The molecule has 0 bridgehead atoms. The number of primary amides is 1. The average molecular weight is 605 g/mol. The van der Waals surface area contributed by atoms with Gasteiger partial charge >= 0.3 is 11.3 Å². The summed E-state index contributed by atoms with van der Waals surface area (Å²) in [6, 6.07) is 3.83. The van der Waals surface area contributed by atoms with Crippen LogP contribution in [0.2, 0.25) is 0 Å². The minimum atomic E-state index is -1.03. The van der Waals surface area contributed by atoms with Crippen molar-refractivity contribution in [3.63, 3.8) is 0 Å². The zero-order valence-electron chi connectivity index (χ0n) is 23.6. The largest absolute Gasteiger partial charge is 0.453 e. The molecular formula is C27H36N6O8S. The monoisotopic (exact) mass is 604 g/mol. The number of thioether (sulfide) groups is 1. The Morgan fingerprint density at radius 1 is 0.976 bits per heavy atom. The number of urea groups is 1. The third kappa shape index (κ3) is 11.2. The van der Waals surface area contributed by atoms with Gasteiger partial charge in [0, 0.05) is 37.3 Å². The van der Waals surface area contributed by atoms with Gasteiger partial charge in [0.25, 0.3) is 11.8 Å². The van der Waals surface area contributed by atoms with E-state index in [4.69, 9.17) is 10.5 Å². The number of benzene rings is 1. The molecule has 2 atom stereocenters. The fourth-order valence-electron chi connectivity index (χ4n) is 3.81. The highest BCUT2D eigenvalue weighted by Crippen LogP contribution is 2.14. The first-order valence-corrected chi connectivity index (χ1v) is 14.4. The highest BCUT2D eigenvalue weighted by molar-refractivity contribution is 8.12. The van der Waals surface area contributed by atoms with E-state index in [0.717, 1.165) is 28.8 Å². The minimum Gasteiger partial charge on any atom is -0.453 e. The maximum absolute atomic E-state index is 13.2. The summed E-state index contributed by atoms with van der Waals surface area (Å²) in [5, 5.41) is 10.0. The SMILES string of the molecule is CSC(=O)OCc1ccc(NC(=O)[C@H](CCCNC(N)=O)NC(=O)[C@@H](NC(=O)CCN2C(=O)C=CC2=O)C(C)C)cc1. The van der Waals surface area contributed by atoms with Crippen molar-refractivity contribution >= 4 is 58.3 Å². The van der Waals surface area contributed by atoms with E-state index in [1.165, 1.54) is 0 Å². The van der Waals surface area contributed by atoms with Crippen LogP contribution in [-0.2, 0) is 35.3 Å². The molecule has 0 radical (unpaired) electrons. The van der Waals surface area contributed by atoms with E-state index < -0.39 is 53.0 Å². The lowest BCUT2D eigenvalue weighted by Crippen LogP contribution is -2.54. The van der Waals surface area contributed by atoms with E-state index in [0.29, 0.717) is 17.7 Å².